The molecule has 0 saturated carbocycles. The van der Waals surface area contributed by atoms with Crippen molar-refractivity contribution >= 4 is 28.8 Å². The maximum atomic E-state index is 13.0. The van der Waals surface area contributed by atoms with Gasteiger partial charge in [0, 0.05) is 36.8 Å². The summed E-state index contributed by atoms with van der Waals surface area (Å²) in [7, 11) is 0. The first-order valence-electron chi connectivity index (χ1n) is 14.0. The second-order valence-corrected chi connectivity index (χ2v) is 10.2. The number of nitrogens with one attached hydrogen (secondary N) is 2. The molecule has 44 heavy (non-hydrogen) atoms. The van der Waals surface area contributed by atoms with Crippen molar-refractivity contribution in [1.82, 2.24) is 19.7 Å². The predicted molar refractivity (Wildman–Crippen MR) is 167 cm³/mol. The standard InChI is InChI=1S/C34H28N6O4/c41-33(42)29(23-27-18-19-28(32-36-21-22-39(27)32)37-31-30(40(43)44)17-10-20-35-31)38-34(24-11-4-1-5-12-24,25-13-6-2-7-14-25)26-15-8-3-9-16-26/h1-22,29,38H,23H2,(H,35,37)(H,41,42). The Morgan fingerprint density at radius 2 is 1.41 bits per heavy atom. The van der Waals surface area contributed by atoms with Crippen molar-refractivity contribution in [3.8, 4) is 0 Å². The molecule has 218 valence electrons. The molecule has 0 amide bonds. The van der Waals surface area contributed by atoms with Gasteiger partial charge < -0.3 is 14.8 Å². The van der Waals surface area contributed by atoms with E-state index >= 15 is 0 Å². The van der Waals surface area contributed by atoms with Crippen LogP contribution in [0.2, 0.25) is 0 Å². The van der Waals surface area contributed by atoms with E-state index in [0.717, 1.165) is 16.7 Å². The van der Waals surface area contributed by atoms with Gasteiger partial charge >= 0.3 is 11.7 Å². The summed E-state index contributed by atoms with van der Waals surface area (Å²) in [6.45, 7) is 0. The van der Waals surface area contributed by atoms with Crippen molar-refractivity contribution in [2.45, 2.75) is 18.0 Å². The molecular weight excluding hydrogens is 556 g/mol. The number of pyridine rings is 2. The summed E-state index contributed by atoms with van der Waals surface area (Å²) in [5.41, 5.74) is 3.19. The SMILES string of the molecule is O=C(O)C(Cc1ccc(Nc2ncccc2[N+](=O)[O-])c2nccn12)NC(c1ccccc1)(c1ccccc1)c1ccccc1. The number of hydrogen-bond donors (Lipinski definition) is 3. The number of carboxylic acids is 1. The number of nitro groups is 1. The first-order valence-corrected chi connectivity index (χ1v) is 14.0. The molecule has 0 spiro atoms. The van der Waals surface area contributed by atoms with Gasteiger partial charge in [-0.25, -0.2) is 9.97 Å². The monoisotopic (exact) mass is 584 g/mol. The van der Waals surface area contributed by atoms with Crippen LogP contribution in [0.15, 0.2) is 134 Å². The Bertz CT molecular complexity index is 1820. The van der Waals surface area contributed by atoms with Gasteiger partial charge in [-0.15, -0.1) is 0 Å². The van der Waals surface area contributed by atoms with Gasteiger partial charge in [0.1, 0.15) is 6.04 Å². The normalized spacial score (nSPS) is 12.1. The number of imidazole rings is 1. The smallest absolute Gasteiger partial charge is 0.321 e. The highest BCUT2D eigenvalue weighted by Crippen LogP contribution is 2.38. The zero-order valence-corrected chi connectivity index (χ0v) is 23.4. The van der Waals surface area contributed by atoms with Gasteiger partial charge in [0.15, 0.2) is 5.65 Å². The second kappa shape index (κ2) is 12.2. The summed E-state index contributed by atoms with van der Waals surface area (Å²) in [4.78, 5) is 32.6. The maximum Gasteiger partial charge on any atom is 0.321 e. The third kappa shape index (κ3) is 5.37. The number of rotatable bonds is 11. The molecule has 3 aromatic heterocycles. The van der Waals surface area contributed by atoms with E-state index in [4.69, 9.17) is 0 Å². The molecule has 0 radical (unpaired) electrons. The molecule has 3 N–H and O–H groups in total. The highest BCUT2D eigenvalue weighted by molar-refractivity contribution is 5.77. The molecule has 0 aliphatic heterocycles. The van der Waals surface area contributed by atoms with Crippen molar-refractivity contribution in [2.24, 2.45) is 0 Å². The van der Waals surface area contributed by atoms with E-state index in [0.29, 0.717) is 17.0 Å². The van der Waals surface area contributed by atoms with Crippen LogP contribution in [0.4, 0.5) is 17.2 Å². The zero-order chi connectivity index (χ0) is 30.5. The summed E-state index contributed by atoms with van der Waals surface area (Å²) in [5.74, 6) is -0.935. The molecule has 6 aromatic rings. The summed E-state index contributed by atoms with van der Waals surface area (Å²) in [6, 6.07) is 34.8. The minimum absolute atomic E-state index is 0.0820. The van der Waals surface area contributed by atoms with Crippen LogP contribution in [0.3, 0.4) is 0 Å². The van der Waals surface area contributed by atoms with Gasteiger partial charge in [-0.2, -0.15) is 0 Å². The third-order valence-electron chi connectivity index (χ3n) is 7.59. The lowest BCUT2D eigenvalue weighted by molar-refractivity contribution is -0.384. The van der Waals surface area contributed by atoms with Gasteiger partial charge in [-0.1, -0.05) is 91.0 Å². The Hall–Kier alpha value is -5.87. The highest BCUT2D eigenvalue weighted by Gasteiger charge is 2.40. The summed E-state index contributed by atoms with van der Waals surface area (Å²) < 4.78 is 1.78. The van der Waals surface area contributed by atoms with Crippen molar-refractivity contribution in [2.75, 3.05) is 5.32 Å². The number of fused-ring (bicyclic) bond motifs is 1. The minimum Gasteiger partial charge on any atom is -0.480 e. The van der Waals surface area contributed by atoms with E-state index in [1.807, 2.05) is 91.0 Å². The fourth-order valence-electron chi connectivity index (χ4n) is 5.59. The largest absolute Gasteiger partial charge is 0.480 e. The molecular formula is C34H28N6O4. The number of nitrogens with zero attached hydrogens (tertiary/aromatic N) is 4. The maximum absolute atomic E-state index is 13.0. The number of anilines is 2. The average molecular weight is 585 g/mol. The van der Waals surface area contributed by atoms with Crippen LogP contribution >= 0.6 is 0 Å². The van der Waals surface area contributed by atoms with Gasteiger partial charge in [0.2, 0.25) is 5.82 Å². The van der Waals surface area contributed by atoms with Crippen molar-refractivity contribution < 1.29 is 14.8 Å². The number of benzene rings is 3. The topological polar surface area (TPSA) is 135 Å². The molecule has 0 fully saturated rings. The first-order chi connectivity index (χ1) is 21.5. The van der Waals surface area contributed by atoms with Gasteiger partial charge in [0.25, 0.3) is 0 Å². The Balaban J connectivity index is 1.42. The first kappa shape index (κ1) is 28.3. The Kier molecular flexibility index (Phi) is 7.81. The quantitative estimate of drug-likeness (QED) is 0.0965. The minimum atomic E-state index is -1.03. The molecule has 1 unspecified atom stereocenters. The van der Waals surface area contributed by atoms with Gasteiger partial charge in [-0.3, -0.25) is 20.2 Å². The molecule has 1 atom stereocenters. The Morgan fingerprint density at radius 1 is 0.818 bits per heavy atom. The lowest BCUT2D eigenvalue weighted by Crippen LogP contribution is -2.53. The van der Waals surface area contributed by atoms with E-state index < -0.39 is 22.5 Å². The zero-order valence-electron chi connectivity index (χ0n) is 23.4. The molecule has 3 aromatic carbocycles. The van der Waals surface area contributed by atoms with Crippen LogP contribution in [0.5, 0.6) is 0 Å². The molecule has 10 heteroatoms. The van der Waals surface area contributed by atoms with Crippen molar-refractivity contribution in [1.29, 1.82) is 0 Å². The van der Waals surface area contributed by atoms with Gasteiger partial charge in [0.05, 0.1) is 16.1 Å². The number of hydrogen-bond acceptors (Lipinski definition) is 7. The molecule has 3 heterocycles. The van der Waals surface area contributed by atoms with Crippen LogP contribution in [0.25, 0.3) is 5.65 Å². The number of carboxylic acid groups (broad SMARTS) is 1. The predicted octanol–water partition coefficient (Wildman–Crippen LogP) is 5.96. The molecule has 10 nitrogen and oxygen atoms in total. The molecule has 0 bridgehead atoms. The van der Waals surface area contributed by atoms with E-state index in [2.05, 4.69) is 20.6 Å². The third-order valence-corrected chi connectivity index (χ3v) is 7.59. The molecule has 0 aliphatic rings. The summed E-state index contributed by atoms with van der Waals surface area (Å²) in [5, 5.41) is 28.7. The van der Waals surface area contributed by atoms with Crippen LogP contribution in [-0.2, 0) is 16.8 Å². The van der Waals surface area contributed by atoms with E-state index in [1.165, 1.54) is 18.3 Å². The van der Waals surface area contributed by atoms with E-state index in [1.54, 1.807) is 28.9 Å². The van der Waals surface area contributed by atoms with Crippen LogP contribution < -0.4 is 10.6 Å². The van der Waals surface area contributed by atoms with Crippen LogP contribution in [0.1, 0.15) is 22.4 Å². The number of carbonyl (C=O) groups is 1. The summed E-state index contributed by atoms with van der Waals surface area (Å²) >= 11 is 0. The van der Waals surface area contributed by atoms with Crippen LogP contribution in [0, 0.1) is 10.1 Å². The second-order valence-electron chi connectivity index (χ2n) is 10.2. The fraction of sp³-hybridized carbons (Fsp3) is 0.0882. The van der Waals surface area contributed by atoms with Crippen LogP contribution in [-0.4, -0.2) is 36.4 Å². The molecule has 0 saturated heterocycles. The number of aliphatic carboxylic acids is 1. The van der Waals surface area contributed by atoms with Crippen molar-refractivity contribution in [3.05, 3.63) is 166 Å². The Labute approximate surface area is 252 Å². The van der Waals surface area contributed by atoms with Gasteiger partial charge in [-0.05, 0) is 34.9 Å². The molecule has 6 rings (SSSR count). The highest BCUT2D eigenvalue weighted by atomic mass is 16.6. The summed E-state index contributed by atoms with van der Waals surface area (Å²) in [6.07, 6.45) is 4.91. The van der Waals surface area contributed by atoms with E-state index in [-0.39, 0.29) is 17.9 Å². The van der Waals surface area contributed by atoms with E-state index in [9.17, 15) is 20.0 Å². The number of aromatic nitrogens is 3. The Morgan fingerprint density at radius 3 is 1.95 bits per heavy atom. The lowest BCUT2D eigenvalue weighted by atomic mass is 9.76. The lowest BCUT2D eigenvalue weighted by Gasteiger charge is -2.39. The fourth-order valence-corrected chi connectivity index (χ4v) is 5.59. The van der Waals surface area contributed by atoms with Crippen molar-refractivity contribution in [3.63, 3.8) is 0 Å². The molecule has 0 aliphatic carbocycles. The average Bonchev–Trinajstić information content (AvgIpc) is 3.56.